The second kappa shape index (κ2) is 7.35. The lowest BCUT2D eigenvalue weighted by Gasteiger charge is -2.09. The molecular formula is C12H20N2O3S. The molecule has 0 aliphatic heterocycles. The number of rotatable bonds is 8. The van der Waals surface area contributed by atoms with Crippen LogP contribution in [0.3, 0.4) is 0 Å². The Morgan fingerprint density at radius 2 is 2.11 bits per heavy atom. The maximum atomic E-state index is 11.8. The Morgan fingerprint density at radius 3 is 2.78 bits per heavy atom. The van der Waals surface area contributed by atoms with Gasteiger partial charge in [0, 0.05) is 19.3 Å². The molecule has 102 valence electrons. The van der Waals surface area contributed by atoms with Crippen molar-refractivity contribution in [1.82, 2.24) is 5.32 Å². The molecule has 6 heteroatoms. The van der Waals surface area contributed by atoms with Gasteiger partial charge >= 0.3 is 0 Å². The number of sulfonamides is 1. The molecule has 2 N–H and O–H groups in total. The van der Waals surface area contributed by atoms with Gasteiger partial charge < -0.3 is 10.1 Å². The number of benzene rings is 1. The fourth-order valence-electron chi connectivity index (χ4n) is 1.51. The monoisotopic (exact) mass is 272 g/mol. The number of nitrogens with one attached hydrogen (secondary N) is 2. The Bertz CT molecular complexity index is 460. The van der Waals surface area contributed by atoms with Crippen molar-refractivity contribution >= 4 is 15.7 Å². The van der Waals surface area contributed by atoms with Gasteiger partial charge in [0.05, 0.1) is 12.4 Å². The van der Waals surface area contributed by atoms with Crippen molar-refractivity contribution in [3.63, 3.8) is 0 Å². The lowest BCUT2D eigenvalue weighted by molar-refractivity contribution is 0.185. The standard InChI is InChI=1S/C12H20N2O3S/c1-3-13-7-8-18(15,16)14-12-6-4-5-11(9-12)10-17-2/h4-6,9,13-14H,3,7-8,10H2,1-2H3. The molecule has 0 aromatic heterocycles. The second-order valence-electron chi connectivity index (χ2n) is 3.91. The topological polar surface area (TPSA) is 67.4 Å². The Balaban J connectivity index is 2.62. The Labute approximate surface area is 109 Å². The van der Waals surface area contributed by atoms with Gasteiger partial charge in [-0.05, 0) is 24.2 Å². The normalized spacial score (nSPS) is 11.4. The predicted molar refractivity (Wildman–Crippen MR) is 73.1 cm³/mol. The summed E-state index contributed by atoms with van der Waals surface area (Å²) in [6.45, 7) is 3.61. The highest BCUT2D eigenvalue weighted by Crippen LogP contribution is 2.13. The maximum absolute atomic E-state index is 11.8. The Morgan fingerprint density at radius 1 is 1.33 bits per heavy atom. The van der Waals surface area contributed by atoms with Crippen molar-refractivity contribution in [2.75, 3.05) is 30.7 Å². The van der Waals surface area contributed by atoms with Gasteiger partial charge in [0.15, 0.2) is 0 Å². The molecule has 0 spiro atoms. The summed E-state index contributed by atoms with van der Waals surface area (Å²) in [5.41, 5.74) is 1.51. The van der Waals surface area contributed by atoms with E-state index in [1.54, 1.807) is 25.3 Å². The lowest BCUT2D eigenvalue weighted by atomic mass is 10.2. The highest BCUT2D eigenvalue weighted by Gasteiger charge is 2.09. The molecule has 1 aromatic rings. The van der Waals surface area contributed by atoms with Crippen LogP contribution in [0.1, 0.15) is 12.5 Å². The van der Waals surface area contributed by atoms with Gasteiger partial charge in [-0.25, -0.2) is 8.42 Å². The molecule has 0 radical (unpaired) electrons. The van der Waals surface area contributed by atoms with Crippen LogP contribution in [-0.2, 0) is 21.4 Å². The number of hydrogen-bond donors (Lipinski definition) is 2. The van der Waals surface area contributed by atoms with E-state index < -0.39 is 10.0 Å². The molecule has 1 aromatic carbocycles. The van der Waals surface area contributed by atoms with Crippen molar-refractivity contribution in [3.05, 3.63) is 29.8 Å². The van der Waals surface area contributed by atoms with Gasteiger partial charge in [0.25, 0.3) is 0 Å². The zero-order chi connectivity index (χ0) is 13.4. The van der Waals surface area contributed by atoms with Crippen LogP contribution in [0.4, 0.5) is 5.69 Å². The molecule has 0 bridgehead atoms. The summed E-state index contributed by atoms with van der Waals surface area (Å²) < 4.78 is 31.1. The van der Waals surface area contributed by atoms with Crippen molar-refractivity contribution in [1.29, 1.82) is 0 Å². The molecule has 5 nitrogen and oxygen atoms in total. The van der Waals surface area contributed by atoms with Gasteiger partial charge in [0.2, 0.25) is 10.0 Å². The van der Waals surface area contributed by atoms with E-state index in [0.29, 0.717) is 18.8 Å². The zero-order valence-electron chi connectivity index (χ0n) is 10.8. The first-order valence-electron chi connectivity index (χ1n) is 5.86. The fraction of sp³-hybridized carbons (Fsp3) is 0.500. The molecule has 0 amide bonds. The number of ether oxygens (including phenoxy) is 1. The fourth-order valence-corrected chi connectivity index (χ4v) is 2.51. The van der Waals surface area contributed by atoms with E-state index in [9.17, 15) is 8.42 Å². The molecule has 18 heavy (non-hydrogen) atoms. The van der Waals surface area contributed by atoms with E-state index in [2.05, 4.69) is 10.0 Å². The second-order valence-corrected chi connectivity index (χ2v) is 5.75. The van der Waals surface area contributed by atoms with E-state index in [4.69, 9.17) is 4.74 Å². The largest absolute Gasteiger partial charge is 0.380 e. The molecule has 0 saturated heterocycles. The lowest BCUT2D eigenvalue weighted by Crippen LogP contribution is -2.26. The van der Waals surface area contributed by atoms with Crippen LogP contribution < -0.4 is 10.0 Å². The van der Waals surface area contributed by atoms with Crippen molar-refractivity contribution in [3.8, 4) is 0 Å². The Kier molecular flexibility index (Phi) is 6.11. The highest BCUT2D eigenvalue weighted by molar-refractivity contribution is 7.92. The molecular weight excluding hydrogens is 252 g/mol. The van der Waals surface area contributed by atoms with Gasteiger partial charge in [-0.1, -0.05) is 19.1 Å². The molecule has 0 aliphatic carbocycles. The number of hydrogen-bond acceptors (Lipinski definition) is 4. The van der Waals surface area contributed by atoms with Crippen LogP contribution in [0.5, 0.6) is 0 Å². The van der Waals surface area contributed by atoms with Crippen LogP contribution in [-0.4, -0.2) is 34.4 Å². The quantitative estimate of drug-likeness (QED) is 0.697. The smallest absolute Gasteiger partial charge is 0.233 e. The van der Waals surface area contributed by atoms with Crippen LogP contribution in [0.2, 0.25) is 0 Å². The third kappa shape index (κ3) is 5.48. The van der Waals surface area contributed by atoms with Gasteiger partial charge in [-0.2, -0.15) is 0 Å². The summed E-state index contributed by atoms with van der Waals surface area (Å²) in [5, 5.41) is 2.98. The van der Waals surface area contributed by atoms with Crippen LogP contribution in [0, 0.1) is 0 Å². The third-order valence-electron chi connectivity index (χ3n) is 2.31. The van der Waals surface area contributed by atoms with E-state index in [-0.39, 0.29) is 5.75 Å². The minimum Gasteiger partial charge on any atom is -0.380 e. The van der Waals surface area contributed by atoms with E-state index in [1.165, 1.54) is 0 Å². The number of methoxy groups -OCH3 is 1. The third-order valence-corrected chi connectivity index (χ3v) is 3.60. The first-order valence-corrected chi connectivity index (χ1v) is 7.51. The first-order chi connectivity index (χ1) is 8.57. The summed E-state index contributed by atoms with van der Waals surface area (Å²) in [6, 6.07) is 7.19. The van der Waals surface area contributed by atoms with E-state index in [1.807, 2.05) is 13.0 Å². The molecule has 0 atom stereocenters. The van der Waals surface area contributed by atoms with Crippen LogP contribution >= 0.6 is 0 Å². The first kappa shape index (κ1) is 14.9. The van der Waals surface area contributed by atoms with E-state index >= 15 is 0 Å². The average molecular weight is 272 g/mol. The van der Waals surface area contributed by atoms with Gasteiger partial charge in [0.1, 0.15) is 0 Å². The summed E-state index contributed by atoms with van der Waals surface area (Å²) in [7, 11) is -1.69. The summed E-state index contributed by atoms with van der Waals surface area (Å²) in [6.07, 6.45) is 0. The molecule has 0 aliphatic rings. The SMILES string of the molecule is CCNCCS(=O)(=O)Nc1cccc(COC)c1. The minimum atomic E-state index is -3.29. The van der Waals surface area contributed by atoms with Crippen molar-refractivity contribution in [2.45, 2.75) is 13.5 Å². The molecule has 0 fully saturated rings. The predicted octanol–water partition coefficient (Wildman–Crippen LogP) is 1.18. The summed E-state index contributed by atoms with van der Waals surface area (Å²) >= 11 is 0. The summed E-state index contributed by atoms with van der Waals surface area (Å²) in [5.74, 6) is 0.0648. The molecule has 1 rings (SSSR count). The zero-order valence-corrected chi connectivity index (χ0v) is 11.6. The maximum Gasteiger partial charge on any atom is 0.233 e. The van der Waals surface area contributed by atoms with Crippen molar-refractivity contribution in [2.24, 2.45) is 0 Å². The molecule has 0 heterocycles. The van der Waals surface area contributed by atoms with Gasteiger partial charge in [-0.3, -0.25) is 4.72 Å². The summed E-state index contributed by atoms with van der Waals surface area (Å²) in [4.78, 5) is 0. The Hall–Kier alpha value is -1.11. The average Bonchev–Trinajstić information content (AvgIpc) is 2.29. The number of anilines is 1. The van der Waals surface area contributed by atoms with E-state index in [0.717, 1.165) is 12.1 Å². The minimum absolute atomic E-state index is 0.0648. The van der Waals surface area contributed by atoms with Crippen molar-refractivity contribution < 1.29 is 13.2 Å². The molecule has 0 unspecified atom stereocenters. The van der Waals surface area contributed by atoms with Gasteiger partial charge in [-0.15, -0.1) is 0 Å². The molecule has 0 saturated carbocycles. The highest BCUT2D eigenvalue weighted by atomic mass is 32.2. The van der Waals surface area contributed by atoms with Crippen LogP contribution in [0.25, 0.3) is 0 Å². The van der Waals surface area contributed by atoms with Crippen LogP contribution in [0.15, 0.2) is 24.3 Å².